The van der Waals surface area contributed by atoms with Crippen molar-refractivity contribution in [2.45, 2.75) is 51.7 Å². The van der Waals surface area contributed by atoms with Gasteiger partial charge in [-0.05, 0) is 57.0 Å². The minimum atomic E-state index is -4.45. The molecule has 6 nitrogen and oxygen atoms in total. The Morgan fingerprint density at radius 1 is 1.28 bits per heavy atom. The largest absolute Gasteiger partial charge is 0.462 e. The van der Waals surface area contributed by atoms with Gasteiger partial charge in [0.05, 0.1) is 6.61 Å². The van der Waals surface area contributed by atoms with Gasteiger partial charge >= 0.3 is 12.1 Å². The maximum Gasteiger partial charge on any atom is 0.435 e. The van der Waals surface area contributed by atoms with Crippen molar-refractivity contribution in [2.75, 3.05) is 18.5 Å². The predicted molar refractivity (Wildman–Crippen MR) is 138 cm³/mol. The molecule has 0 aliphatic heterocycles. The zero-order valence-corrected chi connectivity index (χ0v) is 21.6. The summed E-state index contributed by atoms with van der Waals surface area (Å²) in [7, 11) is 0. The summed E-state index contributed by atoms with van der Waals surface area (Å²) >= 11 is 6.85. The van der Waals surface area contributed by atoms with Gasteiger partial charge in [0.25, 0.3) is 0 Å². The standard InChI is InChI=1S/C25H27F3N4O2S2/c1-3-34-23(33)21-20(17-8-5-4-6-9-17)15(2)36-22(21)30-24(35)29-12-7-13-32-18(16-10-11-16)14-19(31-32)25(26,27)28/h4-6,8-9,14,16H,3,7,10-13H2,1-2H3,(H2,29,30,35). The highest BCUT2D eigenvalue weighted by Crippen LogP contribution is 2.42. The minimum Gasteiger partial charge on any atom is -0.462 e. The molecule has 1 fully saturated rings. The third-order valence-corrected chi connectivity index (χ3v) is 7.05. The number of aromatic nitrogens is 2. The van der Waals surface area contributed by atoms with Gasteiger partial charge in [0.1, 0.15) is 10.6 Å². The van der Waals surface area contributed by atoms with Crippen LogP contribution in [0.25, 0.3) is 11.1 Å². The SMILES string of the molecule is CCOC(=O)c1c(NC(=S)NCCCn2nc(C(F)(F)F)cc2C2CC2)sc(C)c1-c1ccccc1. The number of thiocarbonyl (C=S) groups is 1. The summed E-state index contributed by atoms with van der Waals surface area (Å²) in [4.78, 5) is 13.8. The van der Waals surface area contributed by atoms with Crippen molar-refractivity contribution < 1.29 is 22.7 Å². The van der Waals surface area contributed by atoms with E-state index in [0.717, 1.165) is 34.9 Å². The van der Waals surface area contributed by atoms with Crippen molar-refractivity contribution in [3.63, 3.8) is 0 Å². The zero-order valence-electron chi connectivity index (χ0n) is 19.9. The molecule has 1 aromatic carbocycles. The number of benzene rings is 1. The van der Waals surface area contributed by atoms with Crippen LogP contribution >= 0.6 is 23.6 Å². The molecule has 0 saturated heterocycles. The van der Waals surface area contributed by atoms with Crippen LogP contribution in [-0.4, -0.2) is 34.0 Å². The number of nitrogens with one attached hydrogen (secondary N) is 2. The molecule has 2 heterocycles. The van der Waals surface area contributed by atoms with Gasteiger partial charge in [0, 0.05) is 35.1 Å². The number of esters is 1. The molecule has 1 aliphatic rings. The molecule has 0 radical (unpaired) electrons. The highest BCUT2D eigenvalue weighted by atomic mass is 32.1. The molecule has 0 atom stereocenters. The van der Waals surface area contributed by atoms with Crippen molar-refractivity contribution in [3.05, 3.63) is 58.2 Å². The fraction of sp³-hybridized carbons (Fsp3) is 0.400. The van der Waals surface area contributed by atoms with Crippen LogP contribution in [-0.2, 0) is 17.5 Å². The topological polar surface area (TPSA) is 68.2 Å². The number of nitrogens with zero attached hydrogens (tertiary/aromatic N) is 2. The van der Waals surface area contributed by atoms with Gasteiger partial charge in [-0.25, -0.2) is 4.79 Å². The first-order valence-electron chi connectivity index (χ1n) is 11.7. The molecule has 2 N–H and O–H groups in total. The number of anilines is 1. The second-order valence-electron chi connectivity index (χ2n) is 8.51. The minimum absolute atomic E-state index is 0.159. The Labute approximate surface area is 216 Å². The van der Waals surface area contributed by atoms with E-state index in [1.54, 1.807) is 6.92 Å². The Hall–Kier alpha value is -2.92. The normalized spacial score (nSPS) is 13.5. The Morgan fingerprint density at radius 2 is 2.00 bits per heavy atom. The van der Waals surface area contributed by atoms with E-state index in [4.69, 9.17) is 17.0 Å². The van der Waals surface area contributed by atoms with Crippen LogP contribution in [0.4, 0.5) is 18.2 Å². The number of carbonyl (C=O) groups excluding carboxylic acids is 1. The molecule has 0 spiro atoms. The van der Waals surface area contributed by atoms with Crippen molar-refractivity contribution >= 4 is 39.6 Å². The lowest BCUT2D eigenvalue weighted by Crippen LogP contribution is -2.30. The molecule has 11 heteroatoms. The van der Waals surface area contributed by atoms with Crippen molar-refractivity contribution in [1.29, 1.82) is 0 Å². The maximum absolute atomic E-state index is 13.1. The van der Waals surface area contributed by atoms with E-state index < -0.39 is 17.8 Å². The van der Waals surface area contributed by atoms with Gasteiger partial charge in [0.2, 0.25) is 0 Å². The van der Waals surface area contributed by atoms with E-state index in [9.17, 15) is 18.0 Å². The summed E-state index contributed by atoms with van der Waals surface area (Å²) in [6.45, 7) is 4.72. The molecule has 1 aliphatic carbocycles. The van der Waals surface area contributed by atoms with Gasteiger partial charge in [-0.15, -0.1) is 11.3 Å². The van der Waals surface area contributed by atoms with E-state index in [0.29, 0.717) is 40.9 Å². The number of carbonyl (C=O) groups is 1. The van der Waals surface area contributed by atoms with Crippen LogP contribution in [0.2, 0.25) is 0 Å². The number of hydrogen-bond donors (Lipinski definition) is 2. The third kappa shape index (κ3) is 6.07. The van der Waals surface area contributed by atoms with Crippen molar-refractivity contribution in [1.82, 2.24) is 15.1 Å². The number of halogens is 3. The smallest absolute Gasteiger partial charge is 0.435 e. The lowest BCUT2D eigenvalue weighted by Gasteiger charge is -2.12. The maximum atomic E-state index is 13.1. The zero-order chi connectivity index (χ0) is 25.9. The predicted octanol–water partition coefficient (Wildman–Crippen LogP) is 6.37. The van der Waals surface area contributed by atoms with Crippen LogP contribution in [0.15, 0.2) is 36.4 Å². The molecule has 4 rings (SSSR count). The van der Waals surface area contributed by atoms with E-state index in [1.165, 1.54) is 16.0 Å². The first-order valence-corrected chi connectivity index (χ1v) is 13.0. The highest BCUT2D eigenvalue weighted by Gasteiger charge is 2.37. The summed E-state index contributed by atoms with van der Waals surface area (Å²) in [6.07, 6.45) is -2.14. The summed E-state index contributed by atoms with van der Waals surface area (Å²) in [5.74, 6) is -0.274. The molecular weight excluding hydrogens is 509 g/mol. The molecule has 3 aromatic rings. The summed E-state index contributed by atoms with van der Waals surface area (Å²) in [5, 5.41) is 10.9. The summed E-state index contributed by atoms with van der Waals surface area (Å²) in [5.41, 5.74) is 1.94. The average molecular weight is 537 g/mol. The van der Waals surface area contributed by atoms with Crippen LogP contribution in [0.5, 0.6) is 0 Å². The molecular formula is C25H27F3N4O2S2. The first-order chi connectivity index (χ1) is 17.2. The third-order valence-electron chi connectivity index (χ3n) is 5.78. The van der Waals surface area contributed by atoms with Gasteiger partial charge < -0.3 is 15.4 Å². The molecule has 1 saturated carbocycles. The van der Waals surface area contributed by atoms with E-state index in [-0.39, 0.29) is 12.5 Å². The number of thiophene rings is 1. The number of alkyl halides is 3. The van der Waals surface area contributed by atoms with Crippen LogP contribution in [0.3, 0.4) is 0 Å². The number of aryl methyl sites for hydroxylation is 2. The second kappa shape index (κ2) is 11.0. The Bertz CT molecular complexity index is 1230. The molecule has 0 unspecified atom stereocenters. The first kappa shape index (κ1) is 26.2. The monoisotopic (exact) mass is 536 g/mol. The number of rotatable bonds is 9. The lowest BCUT2D eigenvalue weighted by atomic mass is 10.0. The second-order valence-corrected chi connectivity index (χ2v) is 10.1. The van der Waals surface area contributed by atoms with Crippen LogP contribution in [0.1, 0.15) is 58.7 Å². The summed E-state index contributed by atoms with van der Waals surface area (Å²) < 4.78 is 46.1. The van der Waals surface area contributed by atoms with Gasteiger partial charge in [0.15, 0.2) is 10.8 Å². The van der Waals surface area contributed by atoms with Gasteiger partial charge in [-0.2, -0.15) is 18.3 Å². The Kier molecular flexibility index (Phi) is 7.99. The molecule has 0 bridgehead atoms. The van der Waals surface area contributed by atoms with Gasteiger partial charge in [-0.3, -0.25) is 4.68 Å². The van der Waals surface area contributed by atoms with Crippen LogP contribution in [0, 0.1) is 6.92 Å². The van der Waals surface area contributed by atoms with E-state index in [1.807, 2.05) is 37.3 Å². The molecule has 36 heavy (non-hydrogen) atoms. The fourth-order valence-electron chi connectivity index (χ4n) is 4.02. The lowest BCUT2D eigenvalue weighted by molar-refractivity contribution is -0.141. The van der Waals surface area contributed by atoms with Gasteiger partial charge in [-0.1, -0.05) is 30.3 Å². The quantitative estimate of drug-likeness (QED) is 0.188. The summed E-state index contributed by atoms with van der Waals surface area (Å²) in [6, 6.07) is 10.8. The fourth-order valence-corrected chi connectivity index (χ4v) is 5.36. The highest BCUT2D eigenvalue weighted by molar-refractivity contribution is 7.80. The number of hydrogen-bond acceptors (Lipinski definition) is 5. The van der Waals surface area contributed by atoms with Crippen molar-refractivity contribution in [3.8, 4) is 11.1 Å². The number of ether oxygens (including phenoxy) is 1. The van der Waals surface area contributed by atoms with Crippen LogP contribution < -0.4 is 10.6 Å². The molecule has 2 aromatic heterocycles. The van der Waals surface area contributed by atoms with E-state index in [2.05, 4.69) is 15.7 Å². The van der Waals surface area contributed by atoms with Crippen molar-refractivity contribution in [2.24, 2.45) is 0 Å². The molecule has 192 valence electrons. The molecule has 0 amide bonds. The Balaban J connectivity index is 1.40. The average Bonchev–Trinajstić information content (AvgIpc) is 3.49. The van der Waals surface area contributed by atoms with E-state index >= 15 is 0 Å². The Morgan fingerprint density at radius 3 is 2.64 bits per heavy atom.